The molecule has 2 aliphatic heterocycles. The third-order valence-electron chi connectivity index (χ3n) is 6.47. The summed E-state index contributed by atoms with van der Waals surface area (Å²) in [7, 11) is 0. The first kappa shape index (κ1) is 25.0. The fourth-order valence-electron chi connectivity index (χ4n) is 4.84. The van der Waals surface area contributed by atoms with Crippen LogP contribution in [-0.4, -0.2) is 63.2 Å². The standard InChI is InChI=1S/C21H24N4O2S.C2HF3O2/c1-15-4-5-17(27-15)20(26)24-10-2-7-21(9-12-24)8-3-11-25(21)19-18-16(6-13-28-18)22-14-23-19;3-2(4,5)1(6)7/h4-6,13-14H,2-3,7-12H2,1H3;(H,6,7). The molecule has 3 aromatic heterocycles. The van der Waals surface area contributed by atoms with E-state index < -0.39 is 12.1 Å². The van der Waals surface area contributed by atoms with Gasteiger partial charge in [0.05, 0.1) is 10.2 Å². The van der Waals surface area contributed by atoms with Crippen LogP contribution < -0.4 is 4.90 Å². The van der Waals surface area contributed by atoms with Crippen LogP contribution in [-0.2, 0) is 4.79 Å². The average Bonchev–Trinajstić information content (AvgIpc) is 3.51. The molecule has 188 valence electrons. The molecule has 2 saturated heterocycles. The lowest BCUT2D eigenvalue weighted by atomic mass is 9.87. The van der Waals surface area contributed by atoms with Crippen LogP contribution in [0.5, 0.6) is 0 Å². The number of aromatic nitrogens is 2. The predicted molar refractivity (Wildman–Crippen MR) is 124 cm³/mol. The van der Waals surface area contributed by atoms with Crippen molar-refractivity contribution in [3.8, 4) is 0 Å². The van der Waals surface area contributed by atoms with Gasteiger partial charge in [-0.15, -0.1) is 11.3 Å². The molecular weight excluding hydrogens is 485 g/mol. The van der Waals surface area contributed by atoms with Gasteiger partial charge in [0.1, 0.15) is 17.9 Å². The van der Waals surface area contributed by atoms with Crippen molar-refractivity contribution in [2.24, 2.45) is 0 Å². The molecule has 2 fully saturated rings. The Morgan fingerprint density at radius 1 is 1.09 bits per heavy atom. The minimum absolute atomic E-state index is 0.0115. The summed E-state index contributed by atoms with van der Waals surface area (Å²) < 4.78 is 38.5. The first-order chi connectivity index (χ1) is 16.6. The number of anilines is 1. The molecule has 0 aromatic carbocycles. The maximum atomic E-state index is 12.9. The zero-order chi connectivity index (χ0) is 25.2. The van der Waals surface area contributed by atoms with Crippen molar-refractivity contribution in [1.82, 2.24) is 14.9 Å². The van der Waals surface area contributed by atoms with Crippen LogP contribution in [0.25, 0.3) is 10.2 Å². The summed E-state index contributed by atoms with van der Waals surface area (Å²) in [5.74, 6) is -0.447. The maximum absolute atomic E-state index is 12.9. The van der Waals surface area contributed by atoms with Crippen LogP contribution in [0.3, 0.4) is 0 Å². The lowest BCUT2D eigenvalue weighted by Gasteiger charge is -2.39. The maximum Gasteiger partial charge on any atom is 0.490 e. The van der Waals surface area contributed by atoms with Crippen molar-refractivity contribution in [2.75, 3.05) is 24.5 Å². The molecule has 35 heavy (non-hydrogen) atoms. The number of rotatable bonds is 2. The highest BCUT2D eigenvalue weighted by Gasteiger charge is 2.43. The zero-order valence-corrected chi connectivity index (χ0v) is 19.9. The Kier molecular flexibility index (Phi) is 7.02. The van der Waals surface area contributed by atoms with Crippen LogP contribution in [0.2, 0.25) is 0 Å². The number of likely N-dealkylation sites (tertiary alicyclic amines) is 1. The molecule has 0 saturated carbocycles. The molecule has 1 N–H and O–H groups in total. The van der Waals surface area contributed by atoms with E-state index in [-0.39, 0.29) is 11.4 Å². The Balaban J connectivity index is 0.000000364. The van der Waals surface area contributed by atoms with E-state index in [0.717, 1.165) is 62.4 Å². The first-order valence-corrected chi connectivity index (χ1v) is 12.1. The summed E-state index contributed by atoms with van der Waals surface area (Å²) in [6.45, 7) is 4.44. The highest BCUT2D eigenvalue weighted by Crippen LogP contribution is 2.43. The summed E-state index contributed by atoms with van der Waals surface area (Å²) in [4.78, 5) is 35.3. The van der Waals surface area contributed by atoms with E-state index in [4.69, 9.17) is 14.3 Å². The number of furan rings is 1. The minimum atomic E-state index is -5.08. The molecule has 2 aliphatic rings. The number of carboxylic acid groups (broad SMARTS) is 1. The van der Waals surface area contributed by atoms with Gasteiger partial charge in [-0.25, -0.2) is 14.8 Å². The number of fused-ring (bicyclic) bond motifs is 1. The molecule has 1 unspecified atom stereocenters. The highest BCUT2D eigenvalue weighted by molar-refractivity contribution is 7.17. The van der Waals surface area contributed by atoms with Crippen LogP contribution >= 0.6 is 11.3 Å². The third-order valence-corrected chi connectivity index (χ3v) is 7.37. The van der Waals surface area contributed by atoms with Crippen LogP contribution in [0, 0.1) is 6.92 Å². The van der Waals surface area contributed by atoms with Gasteiger partial charge < -0.3 is 19.3 Å². The molecule has 8 nitrogen and oxygen atoms in total. The number of alkyl halides is 3. The molecule has 1 spiro atoms. The second kappa shape index (κ2) is 9.84. The Morgan fingerprint density at radius 2 is 1.80 bits per heavy atom. The molecular formula is C23H25F3N4O4S. The van der Waals surface area contributed by atoms with Crippen molar-refractivity contribution in [2.45, 2.75) is 50.7 Å². The van der Waals surface area contributed by atoms with Gasteiger partial charge in [-0.05, 0) is 62.6 Å². The predicted octanol–water partition coefficient (Wildman–Crippen LogP) is 4.89. The minimum Gasteiger partial charge on any atom is -0.475 e. The lowest BCUT2D eigenvalue weighted by Crippen LogP contribution is -2.45. The fraction of sp³-hybridized carbons (Fsp3) is 0.478. The normalized spacial score (nSPS) is 20.6. The van der Waals surface area contributed by atoms with E-state index in [1.54, 1.807) is 23.7 Å². The second-order valence-electron chi connectivity index (χ2n) is 8.67. The molecule has 12 heteroatoms. The lowest BCUT2D eigenvalue weighted by molar-refractivity contribution is -0.192. The monoisotopic (exact) mass is 510 g/mol. The van der Waals surface area contributed by atoms with Gasteiger partial charge in [-0.2, -0.15) is 13.2 Å². The van der Waals surface area contributed by atoms with Gasteiger partial charge in [-0.3, -0.25) is 4.79 Å². The van der Waals surface area contributed by atoms with Crippen molar-refractivity contribution >= 4 is 39.2 Å². The van der Waals surface area contributed by atoms with E-state index in [9.17, 15) is 18.0 Å². The number of carbonyl (C=O) groups excluding carboxylic acids is 1. The van der Waals surface area contributed by atoms with E-state index in [1.807, 2.05) is 17.9 Å². The topological polar surface area (TPSA) is 99.8 Å². The quantitative estimate of drug-likeness (QED) is 0.524. The molecule has 0 radical (unpaired) electrons. The highest BCUT2D eigenvalue weighted by atomic mass is 32.1. The largest absolute Gasteiger partial charge is 0.490 e. The number of nitrogens with zero attached hydrogens (tertiary/aromatic N) is 4. The number of hydrogen-bond acceptors (Lipinski definition) is 7. The molecule has 5 rings (SSSR count). The summed E-state index contributed by atoms with van der Waals surface area (Å²) in [5.41, 5.74) is 1.11. The fourth-order valence-corrected chi connectivity index (χ4v) is 5.69. The van der Waals surface area contributed by atoms with Crippen LogP contribution in [0.15, 0.2) is 34.3 Å². The van der Waals surface area contributed by atoms with Gasteiger partial charge in [0, 0.05) is 25.2 Å². The van der Waals surface area contributed by atoms with Crippen LogP contribution in [0.4, 0.5) is 19.0 Å². The average molecular weight is 511 g/mol. The summed E-state index contributed by atoms with van der Waals surface area (Å²) in [5, 5.41) is 9.21. The summed E-state index contributed by atoms with van der Waals surface area (Å²) >= 11 is 1.71. The molecule has 5 heterocycles. The number of hydrogen-bond donors (Lipinski definition) is 1. The molecule has 1 amide bonds. The van der Waals surface area contributed by atoms with Gasteiger partial charge in [0.15, 0.2) is 5.76 Å². The Bertz CT molecular complexity index is 1210. The number of carbonyl (C=O) groups is 2. The Morgan fingerprint density at radius 3 is 2.46 bits per heavy atom. The first-order valence-electron chi connectivity index (χ1n) is 11.2. The number of halogens is 3. The van der Waals surface area contributed by atoms with E-state index >= 15 is 0 Å². The van der Waals surface area contributed by atoms with Crippen molar-refractivity contribution < 1.29 is 32.3 Å². The SMILES string of the molecule is Cc1ccc(C(=O)N2CCCC3(CCCN3c3ncnc4ccsc34)CC2)o1.O=C(O)C(F)(F)F. The molecule has 1 atom stereocenters. The van der Waals surface area contributed by atoms with Crippen LogP contribution in [0.1, 0.15) is 48.4 Å². The second-order valence-corrected chi connectivity index (χ2v) is 9.59. The van der Waals surface area contributed by atoms with E-state index in [1.165, 1.54) is 11.1 Å². The molecule has 0 bridgehead atoms. The molecule has 3 aromatic rings. The zero-order valence-electron chi connectivity index (χ0n) is 19.0. The summed E-state index contributed by atoms with van der Waals surface area (Å²) in [6.07, 6.45) is 1.98. The van der Waals surface area contributed by atoms with E-state index in [2.05, 4.69) is 26.3 Å². The Labute approximate surface area is 203 Å². The number of amides is 1. The summed E-state index contributed by atoms with van der Waals surface area (Å²) in [6, 6.07) is 5.70. The number of thiophene rings is 1. The third kappa shape index (κ3) is 5.26. The number of carboxylic acids is 1. The van der Waals surface area contributed by atoms with Gasteiger partial charge in [0.2, 0.25) is 0 Å². The van der Waals surface area contributed by atoms with Crippen molar-refractivity contribution in [3.63, 3.8) is 0 Å². The van der Waals surface area contributed by atoms with Gasteiger partial charge in [0.25, 0.3) is 5.91 Å². The van der Waals surface area contributed by atoms with E-state index in [0.29, 0.717) is 5.76 Å². The number of aryl methyl sites for hydroxylation is 1. The van der Waals surface area contributed by atoms with Crippen molar-refractivity contribution in [1.29, 1.82) is 0 Å². The number of aliphatic carboxylic acids is 1. The Hall–Kier alpha value is -3.15. The smallest absolute Gasteiger partial charge is 0.475 e. The van der Waals surface area contributed by atoms with Crippen molar-refractivity contribution in [3.05, 3.63) is 41.4 Å². The van der Waals surface area contributed by atoms with Gasteiger partial charge >= 0.3 is 12.1 Å². The molecule has 0 aliphatic carbocycles. The van der Waals surface area contributed by atoms with Gasteiger partial charge in [-0.1, -0.05) is 0 Å².